The second-order valence-electron chi connectivity index (χ2n) is 3.92. The molecule has 3 nitrogen and oxygen atoms in total. The second-order valence-corrected chi connectivity index (χ2v) is 3.92. The molecule has 1 rings (SSSR count). The third-order valence-electron chi connectivity index (χ3n) is 2.54. The summed E-state index contributed by atoms with van der Waals surface area (Å²) in [6, 6.07) is 0. The summed E-state index contributed by atoms with van der Waals surface area (Å²) in [4.78, 5) is 9.00. The third-order valence-corrected chi connectivity index (χ3v) is 2.54. The van der Waals surface area contributed by atoms with Crippen molar-refractivity contribution >= 4 is 5.97 Å². The zero-order chi connectivity index (χ0) is 12.0. The van der Waals surface area contributed by atoms with Crippen molar-refractivity contribution in [2.45, 2.75) is 33.6 Å². The van der Waals surface area contributed by atoms with Crippen molar-refractivity contribution in [3.8, 4) is 0 Å². The first-order valence-corrected chi connectivity index (χ1v) is 5.04. The fraction of sp³-hybridized carbons (Fsp3) is 0.583. The summed E-state index contributed by atoms with van der Waals surface area (Å²) in [5.41, 5.74) is 3.75. The summed E-state index contributed by atoms with van der Waals surface area (Å²) in [6.07, 6.45) is 2.28. The monoisotopic (exact) mass is 212 g/mol. The Hall–Kier alpha value is -1.09. The Morgan fingerprint density at radius 3 is 2.27 bits per heavy atom. The molecule has 0 radical (unpaired) electrons. The van der Waals surface area contributed by atoms with Gasteiger partial charge < -0.3 is 10.2 Å². The first kappa shape index (κ1) is 13.9. The van der Waals surface area contributed by atoms with Crippen molar-refractivity contribution in [1.82, 2.24) is 0 Å². The van der Waals surface area contributed by atoms with Crippen LogP contribution in [-0.4, -0.2) is 22.8 Å². The molecule has 0 fully saturated rings. The topological polar surface area (TPSA) is 57.5 Å². The van der Waals surface area contributed by atoms with E-state index in [-0.39, 0.29) is 6.61 Å². The van der Waals surface area contributed by atoms with Crippen LogP contribution in [0.4, 0.5) is 0 Å². The number of rotatable bonds is 2. The second kappa shape index (κ2) is 6.40. The van der Waals surface area contributed by atoms with E-state index in [4.69, 9.17) is 15.0 Å². The molecule has 0 saturated carbocycles. The molecule has 0 aromatic heterocycles. The van der Waals surface area contributed by atoms with Crippen LogP contribution >= 0.6 is 0 Å². The van der Waals surface area contributed by atoms with Gasteiger partial charge in [0.15, 0.2) is 0 Å². The molecule has 1 unspecified atom stereocenters. The van der Waals surface area contributed by atoms with Gasteiger partial charge in [0, 0.05) is 12.8 Å². The van der Waals surface area contributed by atoms with Crippen molar-refractivity contribution in [2.75, 3.05) is 6.61 Å². The van der Waals surface area contributed by atoms with Gasteiger partial charge in [0.1, 0.15) is 0 Å². The molecule has 0 amide bonds. The lowest BCUT2D eigenvalue weighted by Gasteiger charge is -2.12. The lowest BCUT2D eigenvalue weighted by atomic mass is 9.95. The summed E-state index contributed by atoms with van der Waals surface area (Å²) in [5, 5.41) is 16.5. The minimum absolute atomic E-state index is 0.212. The average Bonchev–Trinajstić information content (AvgIpc) is 2.45. The molecule has 15 heavy (non-hydrogen) atoms. The van der Waals surface area contributed by atoms with Gasteiger partial charge in [-0.25, -0.2) is 0 Å². The number of carboxylic acids is 1. The molecule has 0 heterocycles. The molecule has 0 aromatic carbocycles. The highest BCUT2D eigenvalue weighted by Crippen LogP contribution is 2.35. The Morgan fingerprint density at radius 1 is 1.53 bits per heavy atom. The van der Waals surface area contributed by atoms with E-state index < -0.39 is 5.97 Å². The zero-order valence-corrected chi connectivity index (χ0v) is 9.71. The van der Waals surface area contributed by atoms with Crippen LogP contribution in [-0.2, 0) is 4.79 Å². The van der Waals surface area contributed by atoms with Crippen LogP contribution in [0.15, 0.2) is 23.3 Å². The SMILES string of the molecule is C=C(C)C1CCC(C)=C1CO.CC(=O)O. The lowest BCUT2D eigenvalue weighted by Crippen LogP contribution is -2.03. The average molecular weight is 212 g/mol. The number of aliphatic carboxylic acids is 1. The Morgan fingerprint density at radius 2 is 2.00 bits per heavy atom. The number of carbonyl (C=O) groups is 1. The van der Waals surface area contributed by atoms with Crippen LogP contribution < -0.4 is 0 Å². The molecule has 0 saturated heterocycles. The largest absolute Gasteiger partial charge is 0.481 e. The number of carboxylic acid groups (broad SMARTS) is 1. The van der Waals surface area contributed by atoms with Gasteiger partial charge in [0.2, 0.25) is 0 Å². The van der Waals surface area contributed by atoms with Gasteiger partial charge in [-0.05, 0) is 32.3 Å². The summed E-state index contributed by atoms with van der Waals surface area (Å²) in [7, 11) is 0. The van der Waals surface area contributed by atoms with Gasteiger partial charge in [0.25, 0.3) is 5.97 Å². The highest BCUT2D eigenvalue weighted by molar-refractivity contribution is 5.62. The van der Waals surface area contributed by atoms with E-state index in [0.717, 1.165) is 19.8 Å². The number of allylic oxidation sites excluding steroid dienone is 2. The zero-order valence-electron chi connectivity index (χ0n) is 9.71. The van der Waals surface area contributed by atoms with Gasteiger partial charge >= 0.3 is 0 Å². The number of aliphatic hydroxyl groups excluding tert-OH is 1. The number of aliphatic hydroxyl groups is 1. The molecule has 1 aliphatic rings. The summed E-state index contributed by atoms with van der Waals surface area (Å²) in [5.74, 6) is -0.375. The minimum Gasteiger partial charge on any atom is -0.481 e. The molecule has 3 heteroatoms. The van der Waals surface area contributed by atoms with Crippen LogP contribution in [0.2, 0.25) is 0 Å². The molecule has 1 atom stereocenters. The summed E-state index contributed by atoms with van der Waals surface area (Å²) >= 11 is 0. The van der Waals surface area contributed by atoms with Crippen LogP contribution in [0.25, 0.3) is 0 Å². The van der Waals surface area contributed by atoms with Crippen molar-refractivity contribution < 1.29 is 15.0 Å². The molecular weight excluding hydrogens is 192 g/mol. The Bertz CT molecular complexity index is 273. The Kier molecular flexibility index (Phi) is 5.94. The predicted octanol–water partition coefficient (Wildman–Crippen LogP) is 2.37. The van der Waals surface area contributed by atoms with Gasteiger partial charge in [-0.1, -0.05) is 17.7 Å². The highest BCUT2D eigenvalue weighted by Gasteiger charge is 2.22. The van der Waals surface area contributed by atoms with Gasteiger partial charge in [0.05, 0.1) is 6.61 Å². The van der Waals surface area contributed by atoms with Gasteiger partial charge in [-0.2, -0.15) is 0 Å². The maximum atomic E-state index is 9.06. The first-order chi connectivity index (χ1) is 6.90. The smallest absolute Gasteiger partial charge is 0.300 e. The minimum atomic E-state index is -0.833. The van der Waals surface area contributed by atoms with Crippen molar-refractivity contribution in [3.05, 3.63) is 23.3 Å². The number of hydrogen-bond donors (Lipinski definition) is 2. The van der Waals surface area contributed by atoms with E-state index in [2.05, 4.69) is 13.5 Å². The van der Waals surface area contributed by atoms with E-state index in [1.54, 1.807) is 0 Å². The van der Waals surface area contributed by atoms with Gasteiger partial charge in [-0.15, -0.1) is 0 Å². The summed E-state index contributed by atoms with van der Waals surface area (Å²) in [6.45, 7) is 9.37. The molecule has 0 bridgehead atoms. The maximum absolute atomic E-state index is 9.06. The van der Waals surface area contributed by atoms with Gasteiger partial charge in [-0.3, -0.25) is 4.79 Å². The lowest BCUT2D eigenvalue weighted by molar-refractivity contribution is -0.134. The van der Waals surface area contributed by atoms with Crippen LogP contribution in [0.1, 0.15) is 33.6 Å². The molecule has 1 aliphatic carbocycles. The fourth-order valence-corrected chi connectivity index (χ4v) is 1.78. The molecular formula is C12H20O3. The molecule has 86 valence electrons. The highest BCUT2D eigenvalue weighted by atomic mass is 16.4. The fourth-order valence-electron chi connectivity index (χ4n) is 1.78. The third kappa shape index (κ3) is 4.79. The van der Waals surface area contributed by atoms with Crippen LogP contribution in [0.5, 0.6) is 0 Å². The Labute approximate surface area is 91.1 Å². The molecule has 2 N–H and O–H groups in total. The maximum Gasteiger partial charge on any atom is 0.300 e. The molecule has 0 spiro atoms. The van der Waals surface area contributed by atoms with Crippen molar-refractivity contribution in [3.63, 3.8) is 0 Å². The number of hydrogen-bond acceptors (Lipinski definition) is 2. The van der Waals surface area contributed by atoms with E-state index in [1.807, 2.05) is 6.92 Å². The molecule has 0 aliphatic heterocycles. The Balaban J connectivity index is 0.000000423. The van der Waals surface area contributed by atoms with Crippen LogP contribution in [0.3, 0.4) is 0 Å². The quantitative estimate of drug-likeness (QED) is 0.691. The first-order valence-electron chi connectivity index (χ1n) is 5.04. The van der Waals surface area contributed by atoms with Crippen molar-refractivity contribution in [2.24, 2.45) is 5.92 Å². The predicted molar refractivity (Wildman–Crippen MR) is 60.6 cm³/mol. The van der Waals surface area contributed by atoms with E-state index in [9.17, 15) is 0 Å². The van der Waals surface area contributed by atoms with Crippen LogP contribution in [0, 0.1) is 5.92 Å². The normalized spacial score (nSPS) is 19.6. The standard InChI is InChI=1S/C10H16O.C2H4O2/c1-7(2)9-5-4-8(3)10(9)6-11;1-2(3)4/h9,11H,1,4-6H2,2-3H3;1H3,(H,3,4). The van der Waals surface area contributed by atoms with Crippen molar-refractivity contribution in [1.29, 1.82) is 0 Å². The molecule has 0 aromatic rings. The van der Waals surface area contributed by atoms with E-state index in [0.29, 0.717) is 5.92 Å². The summed E-state index contributed by atoms with van der Waals surface area (Å²) < 4.78 is 0. The van der Waals surface area contributed by atoms with E-state index in [1.165, 1.54) is 16.7 Å². The van der Waals surface area contributed by atoms with E-state index >= 15 is 0 Å².